The molecule has 0 atom stereocenters. The van der Waals surface area contributed by atoms with Crippen molar-refractivity contribution < 1.29 is 4.74 Å². The number of unbranched alkanes of at least 4 members (excludes halogenated alkanes) is 1. The highest BCUT2D eigenvalue weighted by Crippen LogP contribution is 2.18. The minimum atomic E-state index is 0.736. The van der Waals surface area contributed by atoms with Crippen LogP contribution in [-0.2, 0) is 6.54 Å². The Balaban J connectivity index is 1.47. The normalized spacial score (nSPS) is 11.0. The van der Waals surface area contributed by atoms with Gasteiger partial charge in [0.25, 0.3) is 0 Å². The van der Waals surface area contributed by atoms with Crippen molar-refractivity contribution in [3.05, 3.63) is 65.3 Å². The monoisotopic (exact) mass is 313 g/mol. The van der Waals surface area contributed by atoms with Crippen molar-refractivity contribution in [2.45, 2.75) is 26.3 Å². The number of halogens is 1. The molecule has 3 aromatic rings. The van der Waals surface area contributed by atoms with Gasteiger partial charge >= 0.3 is 0 Å². The summed E-state index contributed by atoms with van der Waals surface area (Å²) in [5, 5.41) is 2.06. The Morgan fingerprint density at radius 2 is 1.82 bits per heavy atom. The van der Waals surface area contributed by atoms with E-state index in [9.17, 15) is 0 Å². The Morgan fingerprint density at radius 3 is 2.64 bits per heavy atom. The van der Waals surface area contributed by atoms with E-state index in [0.717, 1.165) is 36.8 Å². The van der Waals surface area contributed by atoms with E-state index in [0.29, 0.717) is 0 Å². The molecule has 0 N–H and O–H groups in total. The number of nitrogens with zero attached hydrogens (tertiary/aromatic N) is 1. The maximum Gasteiger partial charge on any atom is 0.119 e. The second-order valence-corrected chi connectivity index (χ2v) is 6.02. The maximum absolute atomic E-state index is 5.85. The zero-order valence-corrected chi connectivity index (χ0v) is 13.5. The molecule has 1 aromatic heterocycles. The SMILES string of the molecule is Cc1ccc2c(ccn2CCCCOc2ccc(Cl)cc2)c1. The van der Waals surface area contributed by atoms with Crippen molar-refractivity contribution >= 4 is 22.5 Å². The van der Waals surface area contributed by atoms with Crippen LogP contribution in [0.25, 0.3) is 10.9 Å². The molecule has 0 fully saturated rings. The largest absolute Gasteiger partial charge is 0.494 e. The molecular weight excluding hydrogens is 294 g/mol. The molecule has 2 aromatic carbocycles. The Morgan fingerprint density at radius 1 is 1.00 bits per heavy atom. The summed E-state index contributed by atoms with van der Waals surface area (Å²) in [6.07, 6.45) is 4.31. The first-order valence-corrected chi connectivity index (χ1v) is 8.04. The summed E-state index contributed by atoms with van der Waals surface area (Å²) < 4.78 is 8.03. The van der Waals surface area contributed by atoms with E-state index in [1.165, 1.54) is 16.5 Å². The van der Waals surface area contributed by atoms with Gasteiger partial charge in [-0.25, -0.2) is 0 Å². The van der Waals surface area contributed by atoms with Crippen LogP contribution in [0, 0.1) is 6.92 Å². The van der Waals surface area contributed by atoms with Crippen molar-refractivity contribution in [2.75, 3.05) is 6.61 Å². The van der Waals surface area contributed by atoms with E-state index in [1.807, 2.05) is 24.3 Å². The van der Waals surface area contributed by atoms with Gasteiger partial charge in [0, 0.05) is 23.3 Å². The van der Waals surface area contributed by atoms with Gasteiger partial charge < -0.3 is 9.30 Å². The molecule has 0 spiro atoms. The minimum absolute atomic E-state index is 0.736. The molecule has 22 heavy (non-hydrogen) atoms. The molecule has 0 amide bonds. The van der Waals surface area contributed by atoms with E-state index in [-0.39, 0.29) is 0 Å². The molecule has 0 bridgehead atoms. The second-order valence-electron chi connectivity index (χ2n) is 5.58. The van der Waals surface area contributed by atoms with Crippen LogP contribution in [-0.4, -0.2) is 11.2 Å². The highest BCUT2D eigenvalue weighted by Gasteiger charge is 2.01. The standard InChI is InChI=1S/C19H20ClNO/c1-15-4-9-19-16(14-15)10-12-21(19)11-2-3-13-22-18-7-5-17(20)6-8-18/h4-10,12,14H,2-3,11,13H2,1H3. The van der Waals surface area contributed by atoms with Crippen molar-refractivity contribution in [1.29, 1.82) is 0 Å². The van der Waals surface area contributed by atoms with Gasteiger partial charge in [-0.1, -0.05) is 23.2 Å². The van der Waals surface area contributed by atoms with Gasteiger partial charge in [0.2, 0.25) is 0 Å². The van der Waals surface area contributed by atoms with Crippen LogP contribution in [0.1, 0.15) is 18.4 Å². The van der Waals surface area contributed by atoms with Crippen molar-refractivity contribution in [1.82, 2.24) is 4.57 Å². The van der Waals surface area contributed by atoms with Gasteiger partial charge in [0.05, 0.1) is 6.61 Å². The third-order valence-corrected chi connectivity index (χ3v) is 4.05. The molecular formula is C19H20ClNO. The number of rotatable bonds is 6. The van der Waals surface area contributed by atoms with Crippen molar-refractivity contribution in [3.63, 3.8) is 0 Å². The molecule has 3 rings (SSSR count). The summed E-state index contributed by atoms with van der Waals surface area (Å²) in [7, 11) is 0. The molecule has 3 heteroatoms. The number of benzene rings is 2. The summed E-state index contributed by atoms with van der Waals surface area (Å²) >= 11 is 5.85. The molecule has 0 saturated heterocycles. The topological polar surface area (TPSA) is 14.2 Å². The molecule has 1 heterocycles. The van der Waals surface area contributed by atoms with Crippen LogP contribution in [0.5, 0.6) is 5.75 Å². The summed E-state index contributed by atoms with van der Waals surface area (Å²) in [4.78, 5) is 0. The van der Waals surface area contributed by atoms with E-state index in [1.54, 1.807) is 0 Å². The molecule has 2 nitrogen and oxygen atoms in total. The average molecular weight is 314 g/mol. The van der Waals surface area contributed by atoms with E-state index in [2.05, 4.69) is 42.0 Å². The zero-order valence-electron chi connectivity index (χ0n) is 12.8. The number of aryl methyl sites for hydroxylation is 2. The van der Waals surface area contributed by atoms with Crippen molar-refractivity contribution in [2.24, 2.45) is 0 Å². The molecule has 0 aliphatic rings. The third kappa shape index (κ3) is 3.63. The molecule has 0 aliphatic heterocycles. The van der Waals surface area contributed by atoms with Crippen molar-refractivity contribution in [3.8, 4) is 5.75 Å². The maximum atomic E-state index is 5.85. The van der Waals surface area contributed by atoms with Crippen LogP contribution in [0.15, 0.2) is 54.7 Å². The van der Waals surface area contributed by atoms with Gasteiger partial charge in [-0.15, -0.1) is 0 Å². The van der Waals surface area contributed by atoms with Gasteiger partial charge in [-0.2, -0.15) is 0 Å². The molecule has 0 saturated carbocycles. The van der Waals surface area contributed by atoms with Crippen LogP contribution in [0.4, 0.5) is 0 Å². The van der Waals surface area contributed by atoms with E-state index in [4.69, 9.17) is 16.3 Å². The minimum Gasteiger partial charge on any atom is -0.494 e. The quantitative estimate of drug-likeness (QED) is 0.551. The van der Waals surface area contributed by atoms with Crippen LogP contribution in [0.3, 0.4) is 0 Å². The first-order valence-electron chi connectivity index (χ1n) is 7.66. The summed E-state index contributed by atoms with van der Waals surface area (Å²) in [6, 6.07) is 16.3. The number of hydrogen-bond donors (Lipinski definition) is 0. The summed E-state index contributed by atoms with van der Waals surface area (Å²) in [5.41, 5.74) is 2.62. The third-order valence-electron chi connectivity index (χ3n) is 3.80. The molecule has 0 radical (unpaired) electrons. The Labute approximate surface area is 136 Å². The lowest BCUT2D eigenvalue weighted by Crippen LogP contribution is -2.01. The lowest BCUT2D eigenvalue weighted by Gasteiger charge is -2.08. The zero-order chi connectivity index (χ0) is 15.4. The first-order chi connectivity index (χ1) is 10.7. The molecule has 0 aliphatic carbocycles. The highest BCUT2D eigenvalue weighted by molar-refractivity contribution is 6.30. The Kier molecular flexibility index (Phi) is 4.69. The molecule has 114 valence electrons. The fourth-order valence-electron chi connectivity index (χ4n) is 2.62. The van der Waals surface area contributed by atoms with Crippen LogP contribution in [0.2, 0.25) is 5.02 Å². The van der Waals surface area contributed by atoms with Gasteiger partial charge in [0.15, 0.2) is 0 Å². The average Bonchev–Trinajstić information content (AvgIpc) is 2.91. The Hall–Kier alpha value is -1.93. The van der Waals surface area contributed by atoms with E-state index < -0.39 is 0 Å². The number of ether oxygens (including phenoxy) is 1. The highest BCUT2D eigenvalue weighted by atomic mass is 35.5. The fourth-order valence-corrected chi connectivity index (χ4v) is 2.75. The first kappa shape index (κ1) is 15.0. The van der Waals surface area contributed by atoms with Crippen LogP contribution < -0.4 is 4.74 Å². The fraction of sp³-hybridized carbons (Fsp3) is 0.263. The Bertz CT molecular complexity index is 746. The predicted octanol–water partition coefficient (Wildman–Crippen LogP) is 5.46. The van der Waals surface area contributed by atoms with Gasteiger partial charge in [-0.3, -0.25) is 0 Å². The molecule has 0 unspecified atom stereocenters. The number of aromatic nitrogens is 1. The summed E-state index contributed by atoms with van der Waals surface area (Å²) in [6.45, 7) is 3.89. The number of hydrogen-bond acceptors (Lipinski definition) is 1. The lowest BCUT2D eigenvalue weighted by molar-refractivity contribution is 0.303. The van der Waals surface area contributed by atoms with E-state index >= 15 is 0 Å². The van der Waals surface area contributed by atoms with Gasteiger partial charge in [-0.05, 0) is 67.6 Å². The second kappa shape index (κ2) is 6.89. The predicted molar refractivity (Wildman–Crippen MR) is 92.9 cm³/mol. The summed E-state index contributed by atoms with van der Waals surface area (Å²) in [5.74, 6) is 0.881. The lowest BCUT2D eigenvalue weighted by atomic mass is 10.2. The number of fused-ring (bicyclic) bond motifs is 1. The smallest absolute Gasteiger partial charge is 0.119 e. The van der Waals surface area contributed by atoms with Gasteiger partial charge in [0.1, 0.15) is 5.75 Å². The van der Waals surface area contributed by atoms with Crippen LogP contribution >= 0.6 is 11.6 Å².